The van der Waals surface area contributed by atoms with E-state index in [1.807, 2.05) is 0 Å². The van der Waals surface area contributed by atoms with Crippen LogP contribution in [0.4, 0.5) is 0 Å². The van der Waals surface area contributed by atoms with Crippen molar-refractivity contribution in [3.8, 4) is 0 Å². The third-order valence-corrected chi connectivity index (χ3v) is 3.57. The van der Waals surface area contributed by atoms with E-state index in [1.54, 1.807) is 13.0 Å². The first-order valence-corrected chi connectivity index (χ1v) is 6.03. The summed E-state index contributed by atoms with van der Waals surface area (Å²) in [7, 11) is 0. The number of rotatable bonds is 5. The van der Waals surface area contributed by atoms with Crippen LogP contribution in [0.1, 0.15) is 48.1 Å². The van der Waals surface area contributed by atoms with Crippen LogP contribution in [0, 0.1) is 12.3 Å². The molecule has 0 aliphatic heterocycles. The Labute approximate surface area is 101 Å². The number of aromatic carboxylic acids is 1. The summed E-state index contributed by atoms with van der Waals surface area (Å²) in [5.74, 6) is -0.251. The second-order valence-electron chi connectivity index (χ2n) is 5.30. The van der Waals surface area contributed by atoms with Crippen LogP contribution in [0.3, 0.4) is 0 Å². The Morgan fingerprint density at radius 1 is 1.59 bits per heavy atom. The average molecular weight is 237 g/mol. The third-order valence-electron chi connectivity index (χ3n) is 3.57. The molecule has 4 nitrogen and oxygen atoms in total. The Hall–Kier alpha value is -1.29. The minimum Gasteiger partial charge on any atom is -0.475 e. The molecule has 0 atom stereocenters. The molecule has 1 aromatic heterocycles. The molecule has 1 aliphatic carbocycles. The number of hydrogen-bond donors (Lipinski definition) is 2. The summed E-state index contributed by atoms with van der Waals surface area (Å²) in [4.78, 5) is 10.8. The van der Waals surface area contributed by atoms with Crippen molar-refractivity contribution in [2.45, 2.75) is 39.7 Å². The van der Waals surface area contributed by atoms with E-state index in [1.165, 1.54) is 19.3 Å². The van der Waals surface area contributed by atoms with Gasteiger partial charge in [-0.25, -0.2) is 4.79 Å². The highest BCUT2D eigenvalue weighted by molar-refractivity contribution is 5.86. The molecule has 0 unspecified atom stereocenters. The Morgan fingerprint density at radius 3 is 2.76 bits per heavy atom. The highest BCUT2D eigenvalue weighted by Gasteiger charge is 2.31. The molecule has 1 aromatic rings. The van der Waals surface area contributed by atoms with Crippen LogP contribution in [-0.4, -0.2) is 17.6 Å². The molecule has 94 valence electrons. The lowest BCUT2D eigenvalue weighted by Gasteiger charge is -2.38. The standard InChI is InChI=1S/C13H19NO3/c1-9-6-10(17-11(9)12(15)16)7-14-8-13(2)4-3-5-13/h6,14H,3-5,7-8H2,1-2H3,(H,15,16). The number of carbonyl (C=O) groups is 1. The van der Waals surface area contributed by atoms with Gasteiger partial charge < -0.3 is 14.8 Å². The van der Waals surface area contributed by atoms with Crippen molar-refractivity contribution < 1.29 is 14.3 Å². The number of furan rings is 1. The van der Waals surface area contributed by atoms with Crippen molar-refractivity contribution in [3.63, 3.8) is 0 Å². The summed E-state index contributed by atoms with van der Waals surface area (Å²) in [6.45, 7) is 5.60. The van der Waals surface area contributed by atoms with E-state index < -0.39 is 5.97 Å². The van der Waals surface area contributed by atoms with Gasteiger partial charge in [0.25, 0.3) is 0 Å². The molecule has 1 saturated carbocycles. The predicted molar refractivity (Wildman–Crippen MR) is 64.1 cm³/mol. The van der Waals surface area contributed by atoms with Gasteiger partial charge in [0.1, 0.15) is 5.76 Å². The van der Waals surface area contributed by atoms with Gasteiger partial charge in [-0.3, -0.25) is 0 Å². The quantitative estimate of drug-likeness (QED) is 0.826. The lowest BCUT2D eigenvalue weighted by molar-refractivity contribution is 0.0658. The van der Waals surface area contributed by atoms with Crippen molar-refractivity contribution in [1.29, 1.82) is 0 Å². The minimum atomic E-state index is -1.00. The molecule has 1 aliphatic rings. The first-order chi connectivity index (χ1) is 8.00. The number of carboxylic acid groups (broad SMARTS) is 1. The molecule has 17 heavy (non-hydrogen) atoms. The molecule has 4 heteroatoms. The van der Waals surface area contributed by atoms with E-state index in [-0.39, 0.29) is 5.76 Å². The van der Waals surface area contributed by atoms with E-state index in [0.717, 1.165) is 6.54 Å². The van der Waals surface area contributed by atoms with Crippen LogP contribution >= 0.6 is 0 Å². The molecular formula is C13H19NO3. The van der Waals surface area contributed by atoms with Gasteiger partial charge in [0.2, 0.25) is 5.76 Å². The molecule has 1 fully saturated rings. The maximum absolute atomic E-state index is 10.8. The lowest BCUT2D eigenvalue weighted by Crippen LogP contribution is -2.36. The Balaban J connectivity index is 1.86. The second kappa shape index (κ2) is 4.53. The number of aryl methyl sites for hydroxylation is 1. The van der Waals surface area contributed by atoms with Crippen molar-refractivity contribution >= 4 is 5.97 Å². The first-order valence-electron chi connectivity index (χ1n) is 6.03. The normalized spacial score (nSPS) is 17.8. The fourth-order valence-electron chi connectivity index (χ4n) is 2.29. The molecule has 2 rings (SSSR count). The molecule has 0 aromatic carbocycles. The Bertz CT molecular complexity index is 418. The van der Waals surface area contributed by atoms with Gasteiger partial charge in [-0.05, 0) is 31.2 Å². The predicted octanol–water partition coefficient (Wildman–Crippen LogP) is 2.57. The van der Waals surface area contributed by atoms with Crippen LogP contribution in [0.15, 0.2) is 10.5 Å². The molecule has 2 N–H and O–H groups in total. The summed E-state index contributed by atoms with van der Waals surface area (Å²) >= 11 is 0. The maximum Gasteiger partial charge on any atom is 0.372 e. The second-order valence-corrected chi connectivity index (χ2v) is 5.30. The van der Waals surface area contributed by atoms with Crippen molar-refractivity contribution in [2.75, 3.05) is 6.54 Å². The summed E-state index contributed by atoms with van der Waals surface area (Å²) in [5, 5.41) is 12.2. The van der Waals surface area contributed by atoms with Crippen molar-refractivity contribution in [1.82, 2.24) is 5.32 Å². The van der Waals surface area contributed by atoms with Gasteiger partial charge >= 0.3 is 5.97 Å². The highest BCUT2D eigenvalue weighted by atomic mass is 16.4. The minimum absolute atomic E-state index is 0.0525. The zero-order valence-corrected chi connectivity index (χ0v) is 10.4. The van der Waals surface area contributed by atoms with E-state index in [2.05, 4.69) is 12.2 Å². The van der Waals surface area contributed by atoms with Gasteiger partial charge in [0, 0.05) is 12.1 Å². The maximum atomic E-state index is 10.8. The zero-order valence-electron chi connectivity index (χ0n) is 10.4. The molecule has 1 heterocycles. The summed E-state index contributed by atoms with van der Waals surface area (Å²) in [6, 6.07) is 1.79. The topological polar surface area (TPSA) is 62.5 Å². The number of carboxylic acids is 1. The van der Waals surface area contributed by atoms with Crippen LogP contribution in [0.2, 0.25) is 0 Å². The zero-order chi connectivity index (χ0) is 12.5. The van der Waals surface area contributed by atoms with Crippen molar-refractivity contribution in [3.05, 3.63) is 23.2 Å². The SMILES string of the molecule is Cc1cc(CNCC2(C)CCC2)oc1C(=O)O. The molecule has 0 radical (unpaired) electrons. The van der Waals surface area contributed by atoms with E-state index in [9.17, 15) is 4.79 Å². The third kappa shape index (κ3) is 2.69. The smallest absolute Gasteiger partial charge is 0.372 e. The average Bonchev–Trinajstić information content (AvgIpc) is 2.57. The van der Waals surface area contributed by atoms with Crippen LogP contribution in [0.5, 0.6) is 0 Å². The lowest BCUT2D eigenvalue weighted by atomic mass is 9.70. The first kappa shape index (κ1) is 12.2. The molecule has 0 amide bonds. The fourth-order valence-corrected chi connectivity index (χ4v) is 2.29. The van der Waals surface area contributed by atoms with E-state index in [4.69, 9.17) is 9.52 Å². The summed E-state index contributed by atoms with van der Waals surface area (Å²) < 4.78 is 5.28. The molecule has 0 spiro atoms. The number of nitrogens with one attached hydrogen (secondary N) is 1. The summed E-state index contributed by atoms with van der Waals surface area (Å²) in [5.41, 5.74) is 1.11. The monoisotopic (exact) mass is 237 g/mol. The van der Waals surface area contributed by atoms with Crippen LogP contribution < -0.4 is 5.32 Å². The number of hydrogen-bond acceptors (Lipinski definition) is 3. The van der Waals surface area contributed by atoms with Gasteiger partial charge in [0.15, 0.2) is 0 Å². The molecular weight excluding hydrogens is 218 g/mol. The Kier molecular flexibility index (Phi) is 3.24. The van der Waals surface area contributed by atoms with Crippen LogP contribution in [0.25, 0.3) is 0 Å². The molecule has 0 saturated heterocycles. The van der Waals surface area contributed by atoms with Gasteiger partial charge in [-0.2, -0.15) is 0 Å². The van der Waals surface area contributed by atoms with E-state index >= 15 is 0 Å². The molecule has 0 bridgehead atoms. The van der Waals surface area contributed by atoms with Crippen LogP contribution in [-0.2, 0) is 6.54 Å². The van der Waals surface area contributed by atoms with Crippen molar-refractivity contribution in [2.24, 2.45) is 5.41 Å². The highest BCUT2D eigenvalue weighted by Crippen LogP contribution is 2.39. The van der Waals surface area contributed by atoms with E-state index in [0.29, 0.717) is 23.3 Å². The fraction of sp³-hybridized carbons (Fsp3) is 0.615. The van der Waals surface area contributed by atoms with Gasteiger partial charge in [0.05, 0.1) is 6.54 Å². The van der Waals surface area contributed by atoms with Gasteiger partial charge in [-0.1, -0.05) is 13.3 Å². The Morgan fingerprint density at radius 2 is 2.29 bits per heavy atom. The van der Waals surface area contributed by atoms with Gasteiger partial charge in [-0.15, -0.1) is 0 Å². The summed E-state index contributed by atoms with van der Waals surface area (Å²) in [6.07, 6.45) is 3.87. The largest absolute Gasteiger partial charge is 0.475 e.